The third-order valence-corrected chi connectivity index (χ3v) is 4.03. The molecule has 0 bridgehead atoms. The van der Waals surface area contributed by atoms with E-state index in [0.29, 0.717) is 37.0 Å². The lowest BCUT2D eigenvalue weighted by atomic mass is 10.1. The molecule has 3 heterocycles. The molecule has 136 valence electrons. The normalized spacial score (nSPS) is 14.3. The number of anilines is 2. The Balaban J connectivity index is 1.69. The maximum absolute atomic E-state index is 12.1. The van der Waals surface area contributed by atoms with E-state index in [0.717, 1.165) is 5.56 Å². The topological polar surface area (TPSA) is 129 Å². The van der Waals surface area contributed by atoms with Crippen LogP contribution in [0.3, 0.4) is 0 Å². The van der Waals surface area contributed by atoms with Gasteiger partial charge < -0.3 is 26.3 Å². The number of aromatic nitrogens is 3. The third-order valence-electron chi connectivity index (χ3n) is 4.03. The van der Waals surface area contributed by atoms with Gasteiger partial charge in [0.05, 0.1) is 11.7 Å². The zero-order valence-corrected chi connectivity index (χ0v) is 14.4. The Bertz CT molecular complexity index is 871. The molecule has 0 aromatic carbocycles. The lowest BCUT2D eigenvalue weighted by molar-refractivity contribution is -0.129. The number of nitrogens with one attached hydrogen (secondary N) is 3. The first kappa shape index (κ1) is 17.6. The Morgan fingerprint density at radius 1 is 1.50 bits per heavy atom. The number of hydrogen-bond donors (Lipinski definition) is 4. The summed E-state index contributed by atoms with van der Waals surface area (Å²) >= 11 is 0. The fraction of sp³-hybridized carbons (Fsp3) is 0.294. The summed E-state index contributed by atoms with van der Waals surface area (Å²) in [5, 5.41) is 6.06. The zero-order valence-electron chi connectivity index (χ0n) is 14.4. The van der Waals surface area contributed by atoms with Gasteiger partial charge in [0.1, 0.15) is 5.69 Å². The lowest BCUT2D eigenvalue weighted by Gasteiger charge is -2.39. The van der Waals surface area contributed by atoms with E-state index in [1.54, 1.807) is 42.6 Å². The first-order valence-corrected chi connectivity index (χ1v) is 8.26. The van der Waals surface area contributed by atoms with Crippen LogP contribution in [0.1, 0.15) is 0 Å². The van der Waals surface area contributed by atoms with E-state index < -0.39 is 0 Å². The van der Waals surface area contributed by atoms with Gasteiger partial charge in [-0.2, -0.15) is 0 Å². The number of carbonyl (C=O) groups is 1. The summed E-state index contributed by atoms with van der Waals surface area (Å²) in [5.41, 5.74) is 7.03. The maximum atomic E-state index is 12.1. The van der Waals surface area contributed by atoms with E-state index in [1.807, 2.05) is 0 Å². The number of nitrogens with zero attached hydrogens (tertiary/aromatic N) is 3. The second-order valence-corrected chi connectivity index (χ2v) is 5.87. The van der Waals surface area contributed by atoms with E-state index in [-0.39, 0.29) is 17.5 Å². The third kappa shape index (κ3) is 3.89. The summed E-state index contributed by atoms with van der Waals surface area (Å²) in [7, 11) is 1.74. The number of amides is 1. The molecule has 0 unspecified atom stereocenters. The van der Waals surface area contributed by atoms with Crippen LogP contribution in [0, 0.1) is 0 Å². The van der Waals surface area contributed by atoms with Crippen LogP contribution in [-0.4, -0.2) is 58.5 Å². The number of pyridine rings is 1. The monoisotopic (exact) mass is 355 g/mol. The van der Waals surface area contributed by atoms with Crippen LogP contribution in [0.2, 0.25) is 0 Å². The number of hydrogen-bond acceptors (Lipinski definition) is 7. The van der Waals surface area contributed by atoms with Gasteiger partial charge in [-0.05, 0) is 12.1 Å². The minimum atomic E-state index is -0.218. The van der Waals surface area contributed by atoms with Gasteiger partial charge in [-0.1, -0.05) is 6.08 Å². The average molecular weight is 355 g/mol. The van der Waals surface area contributed by atoms with Crippen molar-refractivity contribution >= 4 is 17.5 Å². The Kier molecular flexibility index (Phi) is 5.28. The number of aromatic amines is 1. The van der Waals surface area contributed by atoms with Crippen molar-refractivity contribution in [3.63, 3.8) is 0 Å². The van der Waals surface area contributed by atoms with Gasteiger partial charge in [-0.15, -0.1) is 0 Å². The first-order valence-electron chi connectivity index (χ1n) is 8.26. The molecule has 9 heteroatoms. The highest BCUT2D eigenvalue weighted by Crippen LogP contribution is 2.20. The molecular formula is C17H21N7O2. The minimum Gasteiger partial charge on any atom is -0.374 e. The second kappa shape index (κ2) is 7.79. The summed E-state index contributed by atoms with van der Waals surface area (Å²) in [6.07, 6.45) is 6.36. The van der Waals surface area contributed by atoms with Crippen molar-refractivity contribution in [2.24, 2.45) is 5.73 Å². The van der Waals surface area contributed by atoms with Crippen molar-refractivity contribution in [2.75, 3.05) is 37.3 Å². The molecule has 1 fully saturated rings. The molecule has 0 spiro atoms. The van der Waals surface area contributed by atoms with Crippen LogP contribution >= 0.6 is 0 Å². The quantitative estimate of drug-likeness (QED) is 0.537. The largest absolute Gasteiger partial charge is 0.374 e. The minimum absolute atomic E-state index is 0.0276. The molecule has 1 saturated heterocycles. The predicted molar refractivity (Wildman–Crippen MR) is 99.8 cm³/mol. The Labute approximate surface area is 150 Å². The van der Waals surface area contributed by atoms with Gasteiger partial charge >= 0.3 is 0 Å². The number of rotatable bonds is 6. The average Bonchev–Trinajstić information content (AvgIpc) is 2.63. The number of H-pyrrole nitrogens is 1. The highest BCUT2D eigenvalue weighted by atomic mass is 16.2. The van der Waals surface area contributed by atoms with Gasteiger partial charge in [0.15, 0.2) is 0 Å². The van der Waals surface area contributed by atoms with Gasteiger partial charge in [-0.25, -0.2) is 9.97 Å². The molecule has 3 rings (SSSR count). The molecule has 5 N–H and O–H groups in total. The molecule has 1 aliphatic heterocycles. The molecule has 9 nitrogen and oxygen atoms in total. The van der Waals surface area contributed by atoms with Gasteiger partial charge in [0, 0.05) is 50.7 Å². The van der Waals surface area contributed by atoms with E-state index in [2.05, 4.69) is 25.6 Å². The summed E-state index contributed by atoms with van der Waals surface area (Å²) in [6, 6.07) is 3.55. The van der Waals surface area contributed by atoms with Crippen molar-refractivity contribution in [1.29, 1.82) is 0 Å². The molecule has 1 amide bonds. The van der Waals surface area contributed by atoms with E-state index >= 15 is 0 Å². The van der Waals surface area contributed by atoms with Crippen LogP contribution in [0.5, 0.6) is 0 Å². The van der Waals surface area contributed by atoms with Crippen molar-refractivity contribution in [3.8, 4) is 11.3 Å². The van der Waals surface area contributed by atoms with Crippen LogP contribution in [0.25, 0.3) is 11.3 Å². The van der Waals surface area contributed by atoms with Gasteiger partial charge in [0.25, 0.3) is 5.56 Å². The zero-order chi connectivity index (χ0) is 18.5. The number of likely N-dealkylation sites (tertiary alicyclic amines) is 1. The Hall–Kier alpha value is -3.20. The highest BCUT2D eigenvalue weighted by molar-refractivity contribution is 5.88. The SMILES string of the molecule is CNc1nccc(-c2c[nH]c(=O)c(NC3CN(C(=O)/C=C/CN)C3)c2)n1. The predicted octanol–water partition coefficient (Wildman–Crippen LogP) is 0.0112. The number of nitrogens with two attached hydrogens (primary N) is 1. The summed E-state index contributed by atoms with van der Waals surface area (Å²) in [5.74, 6) is 0.429. The Morgan fingerprint density at radius 3 is 3.04 bits per heavy atom. The van der Waals surface area contributed by atoms with Crippen LogP contribution in [0.15, 0.2) is 41.5 Å². The summed E-state index contributed by atoms with van der Waals surface area (Å²) < 4.78 is 0. The van der Waals surface area contributed by atoms with Crippen molar-refractivity contribution in [2.45, 2.75) is 6.04 Å². The van der Waals surface area contributed by atoms with Crippen molar-refractivity contribution < 1.29 is 4.79 Å². The van der Waals surface area contributed by atoms with Crippen molar-refractivity contribution in [3.05, 3.63) is 47.0 Å². The molecule has 26 heavy (non-hydrogen) atoms. The van der Waals surface area contributed by atoms with Crippen LogP contribution < -0.4 is 21.9 Å². The van der Waals surface area contributed by atoms with Crippen molar-refractivity contribution in [1.82, 2.24) is 19.9 Å². The van der Waals surface area contributed by atoms with Gasteiger partial charge in [0.2, 0.25) is 11.9 Å². The first-order chi connectivity index (χ1) is 12.6. The molecule has 0 radical (unpaired) electrons. The van der Waals surface area contributed by atoms with Crippen LogP contribution in [-0.2, 0) is 4.79 Å². The standard InChI is InChI=1S/C17H21N7O2/c1-19-17-20-6-4-13(23-17)11-7-14(16(26)21-8-11)22-12-9-24(10-12)15(25)3-2-5-18/h2-4,6-8,12,22H,5,9-10,18H2,1H3,(H,21,26)(H,19,20,23)/b3-2+. The summed E-state index contributed by atoms with van der Waals surface area (Å²) in [4.78, 5) is 36.8. The summed E-state index contributed by atoms with van der Waals surface area (Å²) in [6.45, 7) is 1.41. The van der Waals surface area contributed by atoms with E-state index in [4.69, 9.17) is 5.73 Å². The smallest absolute Gasteiger partial charge is 0.271 e. The molecule has 0 aliphatic carbocycles. The molecule has 2 aromatic rings. The fourth-order valence-electron chi connectivity index (χ4n) is 2.62. The lowest BCUT2D eigenvalue weighted by Crippen LogP contribution is -2.57. The van der Waals surface area contributed by atoms with E-state index in [9.17, 15) is 9.59 Å². The van der Waals surface area contributed by atoms with Crippen LogP contribution in [0.4, 0.5) is 11.6 Å². The molecule has 0 saturated carbocycles. The van der Waals surface area contributed by atoms with E-state index in [1.165, 1.54) is 6.08 Å². The highest BCUT2D eigenvalue weighted by Gasteiger charge is 2.29. The Morgan fingerprint density at radius 2 is 2.31 bits per heavy atom. The second-order valence-electron chi connectivity index (χ2n) is 5.87. The molecule has 0 atom stereocenters. The molecule has 2 aromatic heterocycles. The molecular weight excluding hydrogens is 334 g/mol. The van der Waals surface area contributed by atoms with Gasteiger partial charge in [-0.3, -0.25) is 9.59 Å². The fourth-order valence-corrected chi connectivity index (χ4v) is 2.62. The molecule has 1 aliphatic rings. The maximum Gasteiger partial charge on any atom is 0.271 e. The number of carbonyl (C=O) groups excluding carboxylic acids is 1.